The van der Waals surface area contributed by atoms with Crippen LogP contribution in [0.15, 0.2) is 54.9 Å². The van der Waals surface area contributed by atoms with E-state index in [1.165, 1.54) is 0 Å². The molecule has 1 fully saturated rings. The summed E-state index contributed by atoms with van der Waals surface area (Å²) in [5.41, 5.74) is 8.85. The zero-order valence-electron chi connectivity index (χ0n) is 24.7. The molecule has 3 aromatic heterocycles. The van der Waals surface area contributed by atoms with Crippen LogP contribution in [0.5, 0.6) is 0 Å². The minimum absolute atomic E-state index is 0.0527. The molecule has 2 bridgehead atoms. The number of allylic oxidation sites excluding steroid dienone is 1. The van der Waals surface area contributed by atoms with Crippen molar-refractivity contribution in [3.8, 4) is 11.3 Å². The third-order valence-electron chi connectivity index (χ3n) is 8.44. The number of aromatic nitrogens is 4. The van der Waals surface area contributed by atoms with Gasteiger partial charge in [-0.3, -0.25) is 14.3 Å². The maximum atomic E-state index is 13.1. The van der Waals surface area contributed by atoms with E-state index in [0.717, 1.165) is 80.9 Å². The molecule has 6 rings (SSSR count). The van der Waals surface area contributed by atoms with Crippen molar-refractivity contribution < 1.29 is 22.8 Å². The fourth-order valence-corrected chi connectivity index (χ4v) is 6.09. The lowest BCUT2D eigenvalue weighted by Gasteiger charge is -2.33. The molecule has 1 saturated heterocycles. The first-order valence-corrected chi connectivity index (χ1v) is 15.2. The summed E-state index contributed by atoms with van der Waals surface area (Å²) in [6.07, 6.45) is 9.65. The fourth-order valence-electron chi connectivity index (χ4n) is 6.09. The van der Waals surface area contributed by atoms with Crippen molar-refractivity contribution in [1.29, 1.82) is 0 Å². The number of fused-ring (bicyclic) bond motifs is 3. The Morgan fingerprint density at radius 2 is 1.82 bits per heavy atom. The molecule has 12 heteroatoms. The number of benzene rings is 1. The van der Waals surface area contributed by atoms with E-state index in [1.54, 1.807) is 30.5 Å². The van der Waals surface area contributed by atoms with Crippen LogP contribution in [0.4, 0.5) is 24.8 Å². The Morgan fingerprint density at radius 1 is 1.02 bits per heavy atom. The van der Waals surface area contributed by atoms with E-state index < -0.39 is 17.6 Å². The van der Waals surface area contributed by atoms with Crippen LogP contribution in [0.2, 0.25) is 0 Å². The average molecular weight is 618 g/mol. The van der Waals surface area contributed by atoms with Gasteiger partial charge in [-0.2, -0.15) is 18.3 Å². The molecule has 45 heavy (non-hydrogen) atoms. The number of hydrogen-bond acceptors (Lipinski definition) is 6. The van der Waals surface area contributed by atoms with Crippen LogP contribution < -0.4 is 11.1 Å². The van der Waals surface area contributed by atoms with Gasteiger partial charge in [0, 0.05) is 48.6 Å². The number of carbonyl (C=O) groups is 2. The standard InChI is InChI=1S/C33H34F3N7O2/c34-33(35,36)24-15-16-38-26(18-24)40-32(45)22-13-11-21(12-14-22)29-28-30-23(19-39-31(28)37)8-5-3-1-2-4-6-10-27(44)42-17-7-9-25(20-42)43(30)41-29/h5,8,11-16,18-19,25H,1-4,6-7,9-10,17,20H2,(H2,37,39)(H,38,40,45)/b8-5+/t25-/m1/s1. The topological polar surface area (TPSA) is 119 Å². The molecule has 0 saturated carbocycles. The SMILES string of the molecule is Nc1ncc2c3c1c(-c1ccc(C(=O)Nc4cc(C(F)(F)F)ccn4)cc1)nn3[C@@H]1CCCN(C1)C(=O)CCCCCC/C=C/2. The number of rotatable bonds is 3. The molecule has 0 unspecified atom stereocenters. The maximum Gasteiger partial charge on any atom is 0.416 e. The van der Waals surface area contributed by atoms with Gasteiger partial charge >= 0.3 is 6.18 Å². The molecule has 0 aliphatic carbocycles. The molecule has 1 atom stereocenters. The molecule has 5 heterocycles. The van der Waals surface area contributed by atoms with E-state index in [-0.39, 0.29) is 23.3 Å². The first-order valence-electron chi connectivity index (χ1n) is 15.2. The van der Waals surface area contributed by atoms with E-state index in [2.05, 4.69) is 27.4 Å². The predicted octanol–water partition coefficient (Wildman–Crippen LogP) is 6.88. The highest BCUT2D eigenvalue weighted by Crippen LogP contribution is 2.37. The molecular formula is C33H34F3N7O2. The summed E-state index contributed by atoms with van der Waals surface area (Å²) in [6, 6.07) is 8.19. The van der Waals surface area contributed by atoms with Gasteiger partial charge in [-0.15, -0.1) is 0 Å². The number of nitrogens with one attached hydrogen (secondary N) is 1. The largest absolute Gasteiger partial charge is 0.416 e. The summed E-state index contributed by atoms with van der Waals surface area (Å²) < 4.78 is 41.3. The maximum absolute atomic E-state index is 13.1. The minimum atomic E-state index is -4.55. The van der Waals surface area contributed by atoms with Gasteiger partial charge in [0.1, 0.15) is 17.3 Å². The molecule has 0 radical (unpaired) electrons. The van der Waals surface area contributed by atoms with E-state index in [1.807, 2.05) is 9.58 Å². The second-order valence-corrected chi connectivity index (χ2v) is 11.6. The lowest BCUT2D eigenvalue weighted by molar-refractivity contribution is -0.137. The van der Waals surface area contributed by atoms with Crippen LogP contribution in [0, 0.1) is 0 Å². The van der Waals surface area contributed by atoms with Gasteiger partial charge in [0.15, 0.2) is 0 Å². The Bertz CT molecular complexity index is 1750. The molecule has 9 nitrogen and oxygen atoms in total. The quantitative estimate of drug-likeness (QED) is 0.259. The highest BCUT2D eigenvalue weighted by molar-refractivity contribution is 6.06. The van der Waals surface area contributed by atoms with Gasteiger partial charge < -0.3 is 16.0 Å². The smallest absolute Gasteiger partial charge is 0.383 e. The Morgan fingerprint density at radius 3 is 2.62 bits per heavy atom. The van der Waals surface area contributed by atoms with Crippen molar-refractivity contribution in [3.05, 3.63) is 71.6 Å². The van der Waals surface area contributed by atoms with Gasteiger partial charge in [-0.1, -0.05) is 37.1 Å². The zero-order valence-corrected chi connectivity index (χ0v) is 24.7. The Labute approximate surface area is 258 Å². The number of nitrogens with zero attached hydrogens (tertiary/aromatic N) is 5. The predicted molar refractivity (Wildman–Crippen MR) is 166 cm³/mol. The molecule has 4 aromatic rings. The summed E-state index contributed by atoms with van der Waals surface area (Å²) in [5, 5.41) is 8.19. The van der Waals surface area contributed by atoms with Gasteiger partial charge in [0.2, 0.25) is 5.91 Å². The Kier molecular flexibility index (Phi) is 8.55. The van der Waals surface area contributed by atoms with Crippen LogP contribution in [0.25, 0.3) is 28.2 Å². The summed E-state index contributed by atoms with van der Waals surface area (Å²) in [5.74, 6) is -0.297. The van der Waals surface area contributed by atoms with Crippen LogP contribution in [-0.4, -0.2) is 49.6 Å². The van der Waals surface area contributed by atoms with Crippen molar-refractivity contribution in [2.45, 2.75) is 63.6 Å². The number of alkyl halides is 3. The van der Waals surface area contributed by atoms with Crippen LogP contribution >= 0.6 is 0 Å². The van der Waals surface area contributed by atoms with Crippen molar-refractivity contribution in [1.82, 2.24) is 24.6 Å². The number of anilines is 2. The van der Waals surface area contributed by atoms with Crippen molar-refractivity contribution in [3.63, 3.8) is 0 Å². The second-order valence-electron chi connectivity index (χ2n) is 11.6. The molecular weight excluding hydrogens is 583 g/mol. The summed E-state index contributed by atoms with van der Waals surface area (Å²) in [7, 11) is 0. The molecule has 234 valence electrons. The molecule has 0 spiro atoms. The number of carbonyl (C=O) groups excluding carboxylic acids is 2. The van der Waals surface area contributed by atoms with E-state index >= 15 is 0 Å². The number of piperidine rings is 1. The third-order valence-corrected chi connectivity index (χ3v) is 8.44. The van der Waals surface area contributed by atoms with E-state index in [0.29, 0.717) is 35.4 Å². The van der Waals surface area contributed by atoms with Gasteiger partial charge in [-0.05, 0) is 56.4 Å². The molecule has 3 N–H and O–H groups in total. The number of nitrogen functional groups attached to an aromatic ring is 1. The first kappa shape index (κ1) is 30.3. The van der Waals surface area contributed by atoms with Crippen LogP contribution in [0.3, 0.4) is 0 Å². The van der Waals surface area contributed by atoms with Crippen LogP contribution in [0.1, 0.15) is 78.9 Å². The van der Waals surface area contributed by atoms with Crippen molar-refractivity contribution in [2.24, 2.45) is 0 Å². The number of amides is 2. The number of hydrogen-bond donors (Lipinski definition) is 2. The summed E-state index contributed by atoms with van der Waals surface area (Å²) >= 11 is 0. The second kappa shape index (κ2) is 12.7. The Balaban J connectivity index is 1.36. The molecule has 2 aliphatic heterocycles. The van der Waals surface area contributed by atoms with Gasteiger partial charge in [-0.25, -0.2) is 9.97 Å². The number of nitrogens with two attached hydrogens (primary N) is 1. The average Bonchev–Trinajstić information content (AvgIpc) is 3.44. The third kappa shape index (κ3) is 6.54. The summed E-state index contributed by atoms with van der Waals surface area (Å²) in [4.78, 5) is 36.2. The van der Waals surface area contributed by atoms with E-state index in [9.17, 15) is 22.8 Å². The lowest BCUT2D eigenvalue weighted by Crippen LogP contribution is -2.40. The molecule has 2 amide bonds. The van der Waals surface area contributed by atoms with Crippen molar-refractivity contribution in [2.75, 3.05) is 24.1 Å². The van der Waals surface area contributed by atoms with Crippen molar-refractivity contribution >= 4 is 40.4 Å². The highest BCUT2D eigenvalue weighted by Gasteiger charge is 2.31. The first-order chi connectivity index (χ1) is 21.7. The van der Waals surface area contributed by atoms with Gasteiger partial charge in [0.25, 0.3) is 5.91 Å². The fraction of sp³-hybridized carbons (Fsp3) is 0.364. The minimum Gasteiger partial charge on any atom is -0.383 e. The lowest BCUT2D eigenvalue weighted by atomic mass is 10.0. The van der Waals surface area contributed by atoms with Gasteiger partial charge in [0.05, 0.1) is 22.5 Å². The van der Waals surface area contributed by atoms with Crippen LogP contribution in [-0.2, 0) is 11.0 Å². The molecule has 2 aliphatic rings. The molecule has 1 aromatic carbocycles. The highest BCUT2D eigenvalue weighted by atomic mass is 19.4. The number of pyridine rings is 2. The van der Waals surface area contributed by atoms with E-state index in [4.69, 9.17) is 10.8 Å². The summed E-state index contributed by atoms with van der Waals surface area (Å²) in [6.45, 7) is 1.29. The monoisotopic (exact) mass is 617 g/mol. The zero-order chi connectivity index (χ0) is 31.6. The number of halogens is 3. The normalized spacial score (nSPS) is 18.7. The Hall–Kier alpha value is -4.74.